The van der Waals surface area contributed by atoms with Gasteiger partial charge >= 0.3 is 24.2 Å². The normalized spacial score (nSPS) is 15.0. The largest absolute Gasteiger partial charge is 0.479 e. The first-order valence-electron chi connectivity index (χ1n) is 15.7. The highest BCUT2D eigenvalue weighted by atomic mass is 79.9. The number of nitrogens with zero attached hydrogens (tertiary/aromatic N) is 4. The van der Waals surface area contributed by atoms with Gasteiger partial charge in [-0.2, -0.15) is 13.2 Å². The molecule has 0 spiro atoms. The number of amides is 3. The molecule has 2 unspecified atom stereocenters. The number of imide groups is 1. The van der Waals surface area contributed by atoms with Crippen molar-refractivity contribution in [2.24, 2.45) is 0 Å². The van der Waals surface area contributed by atoms with Crippen molar-refractivity contribution in [2.75, 3.05) is 19.2 Å². The van der Waals surface area contributed by atoms with E-state index in [1.807, 2.05) is 0 Å². The predicted molar refractivity (Wildman–Crippen MR) is 183 cm³/mol. The number of rotatable bonds is 11. The summed E-state index contributed by atoms with van der Waals surface area (Å²) in [7, 11) is 1.09. The molecular weight excluding hydrogens is 775 g/mol. The van der Waals surface area contributed by atoms with Crippen LogP contribution in [0.25, 0.3) is 5.69 Å². The number of esters is 1. The highest BCUT2D eigenvalue weighted by Crippen LogP contribution is 2.36. The van der Waals surface area contributed by atoms with Gasteiger partial charge in [-0.05, 0) is 62.7 Å². The molecule has 2 heterocycles. The zero-order chi connectivity index (χ0) is 39.4. The Morgan fingerprint density at radius 1 is 1.13 bits per heavy atom. The van der Waals surface area contributed by atoms with Crippen LogP contribution in [0.2, 0.25) is 0 Å². The smallest absolute Gasteiger partial charge is 0.419 e. The molecule has 3 N–H and O–H groups in total. The van der Waals surface area contributed by atoms with Gasteiger partial charge in [-0.1, -0.05) is 22.0 Å². The zero-order valence-electron chi connectivity index (χ0n) is 28.3. The number of aliphatic hydroxyl groups excluding tert-OH is 1. The topological polar surface area (TPSA) is 198 Å². The van der Waals surface area contributed by atoms with Crippen LogP contribution >= 0.6 is 15.9 Å². The lowest BCUT2D eigenvalue weighted by Gasteiger charge is -2.35. The van der Waals surface area contributed by atoms with Gasteiger partial charge in [-0.3, -0.25) is 19.2 Å². The summed E-state index contributed by atoms with van der Waals surface area (Å²) in [6.45, 7) is 6.01. The molecule has 282 valence electrons. The van der Waals surface area contributed by atoms with Crippen LogP contribution in [-0.2, 0) is 38.2 Å². The third-order valence-corrected chi connectivity index (χ3v) is 8.79. The predicted octanol–water partition coefficient (Wildman–Crippen LogP) is 4.13. The minimum atomic E-state index is -4.70. The fraction of sp³-hybridized carbons (Fsp3) is 0.324. The van der Waals surface area contributed by atoms with Crippen molar-refractivity contribution in [1.29, 1.82) is 0 Å². The van der Waals surface area contributed by atoms with Gasteiger partial charge in [0.1, 0.15) is 0 Å². The van der Waals surface area contributed by atoms with Crippen LogP contribution in [0.3, 0.4) is 0 Å². The summed E-state index contributed by atoms with van der Waals surface area (Å²) in [6.07, 6.45) is -7.23. The Labute approximate surface area is 307 Å². The fourth-order valence-electron chi connectivity index (χ4n) is 5.15. The number of nitrogens with one attached hydrogen (secondary N) is 1. The van der Waals surface area contributed by atoms with E-state index >= 15 is 0 Å². The highest BCUT2D eigenvalue weighted by Gasteiger charge is 2.36. The second-order valence-electron chi connectivity index (χ2n) is 11.9. The van der Waals surface area contributed by atoms with E-state index in [1.165, 1.54) is 39.8 Å². The lowest BCUT2D eigenvalue weighted by atomic mass is 9.98. The van der Waals surface area contributed by atoms with Gasteiger partial charge in [0.05, 0.1) is 29.9 Å². The number of carboxylic acids is 1. The number of ether oxygens (including phenoxy) is 2. The summed E-state index contributed by atoms with van der Waals surface area (Å²) < 4.78 is 51.0. The number of aromatic nitrogens is 2. The van der Waals surface area contributed by atoms with Crippen molar-refractivity contribution in [1.82, 2.24) is 19.4 Å². The number of carboxylic acid groups (broad SMARTS) is 1. The summed E-state index contributed by atoms with van der Waals surface area (Å²) in [6, 6.07) is 7.71. The van der Waals surface area contributed by atoms with Crippen molar-refractivity contribution in [3.8, 4) is 5.69 Å². The van der Waals surface area contributed by atoms with Gasteiger partial charge < -0.3 is 29.9 Å². The first-order valence-corrected chi connectivity index (χ1v) is 16.5. The monoisotopic (exact) mass is 807 g/mol. The molecule has 1 aliphatic rings. The van der Waals surface area contributed by atoms with E-state index in [2.05, 4.69) is 37.5 Å². The van der Waals surface area contributed by atoms with E-state index in [1.54, 1.807) is 19.9 Å². The first-order chi connectivity index (χ1) is 24.8. The number of aliphatic hydroxyl groups is 1. The zero-order valence-corrected chi connectivity index (χ0v) is 29.9. The van der Waals surface area contributed by atoms with E-state index in [4.69, 9.17) is 9.84 Å². The van der Waals surface area contributed by atoms with Crippen molar-refractivity contribution in [3.63, 3.8) is 0 Å². The molecular formula is C34H33BrF3N5O10. The Balaban J connectivity index is 1.57. The number of carbonyl (C=O) groups is 5. The van der Waals surface area contributed by atoms with E-state index in [0.29, 0.717) is 4.90 Å². The van der Waals surface area contributed by atoms with E-state index in [0.717, 1.165) is 19.2 Å². The van der Waals surface area contributed by atoms with Crippen LogP contribution in [0.5, 0.6) is 0 Å². The van der Waals surface area contributed by atoms with Crippen molar-refractivity contribution < 1.29 is 56.8 Å². The Morgan fingerprint density at radius 2 is 1.77 bits per heavy atom. The minimum absolute atomic E-state index is 0.00730. The number of carbonyl (C=O) groups excluding carboxylic acids is 4. The Morgan fingerprint density at radius 3 is 2.38 bits per heavy atom. The molecule has 19 heteroatoms. The minimum Gasteiger partial charge on any atom is -0.479 e. The second kappa shape index (κ2) is 16.4. The second-order valence-corrected chi connectivity index (χ2v) is 12.7. The molecule has 0 bridgehead atoms. The van der Waals surface area contributed by atoms with Gasteiger partial charge in [0.25, 0.3) is 17.4 Å². The van der Waals surface area contributed by atoms with Gasteiger partial charge in [-0.15, -0.1) is 6.58 Å². The molecule has 0 aliphatic carbocycles. The van der Waals surface area contributed by atoms with Crippen LogP contribution in [-0.4, -0.2) is 91.4 Å². The lowest BCUT2D eigenvalue weighted by Crippen LogP contribution is -2.46. The summed E-state index contributed by atoms with van der Waals surface area (Å²) in [5.41, 5.74) is -0.926. The Hall–Kier alpha value is -5.56. The van der Waals surface area contributed by atoms with Crippen molar-refractivity contribution in [3.05, 3.63) is 97.9 Å². The first kappa shape index (κ1) is 40.2. The van der Waals surface area contributed by atoms with Gasteiger partial charge in [0, 0.05) is 40.3 Å². The molecule has 3 amide bonds. The molecule has 3 atom stereocenters. The lowest BCUT2D eigenvalue weighted by molar-refractivity contribution is -0.160. The van der Waals surface area contributed by atoms with Gasteiger partial charge in [-0.25, -0.2) is 24.0 Å². The third kappa shape index (κ3) is 9.28. The molecule has 4 rings (SSSR count). The number of fused-ring (bicyclic) bond motifs is 1. The van der Waals surface area contributed by atoms with E-state index in [-0.39, 0.29) is 51.5 Å². The summed E-state index contributed by atoms with van der Waals surface area (Å²) >= 11 is 2.88. The Kier molecular flexibility index (Phi) is 12.5. The average molecular weight is 809 g/mol. The molecule has 0 fully saturated rings. The molecule has 1 aliphatic heterocycles. The van der Waals surface area contributed by atoms with E-state index in [9.17, 15) is 47.0 Å². The maximum Gasteiger partial charge on any atom is 0.419 e. The molecule has 1 aromatic heterocycles. The number of anilines is 1. The molecule has 15 nitrogen and oxygen atoms in total. The van der Waals surface area contributed by atoms with Gasteiger partial charge in [0.15, 0.2) is 6.10 Å². The van der Waals surface area contributed by atoms with Gasteiger partial charge in [0.2, 0.25) is 12.7 Å². The molecule has 0 radical (unpaired) electrons. The van der Waals surface area contributed by atoms with Crippen LogP contribution in [0.4, 0.5) is 23.9 Å². The maximum atomic E-state index is 14.1. The number of hydrogen-bond acceptors (Lipinski definition) is 11. The number of halogens is 4. The third-order valence-electron chi connectivity index (χ3n) is 8.10. The highest BCUT2D eigenvalue weighted by molar-refractivity contribution is 9.10. The Bertz CT molecular complexity index is 2000. The molecule has 53 heavy (non-hydrogen) atoms. The average Bonchev–Trinajstić information content (AvgIpc) is 3.10. The number of alkyl halides is 3. The van der Waals surface area contributed by atoms with Crippen LogP contribution in [0, 0.1) is 0 Å². The fourth-order valence-corrected chi connectivity index (χ4v) is 5.62. The summed E-state index contributed by atoms with van der Waals surface area (Å²) in [5.74, 6) is -4.27. The number of benzene rings is 2. The molecule has 2 aromatic carbocycles. The standard InChI is InChI=1S/C34H33BrF3N5O10/c1-5-17(2)39-32-40-25-15-42(29(47)20-8-11-24(35)23(13-20)34(36,37)38)18(3)12-22(25)30(48)43(32)21-9-6-19(7-10-21)28(46)41(4)33(51)53-16-52-27(45)14-26(44)31(49)50/h5-11,13,17-18,26,44H,1,12,14-16H2,2-4H3,(H,39,40)(H,49,50)/t17?,18?,26-/m1/s1. The quantitative estimate of drug-likeness (QED) is 0.143. The number of aliphatic carboxylic acids is 1. The van der Waals surface area contributed by atoms with Crippen LogP contribution < -0.4 is 10.9 Å². The molecule has 0 saturated heterocycles. The number of hydrogen-bond donors (Lipinski definition) is 3. The van der Waals surface area contributed by atoms with Crippen LogP contribution in [0.1, 0.15) is 57.8 Å². The summed E-state index contributed by atoms with van der Waals surface area (Å²) in [4.78, 5) is 81.7. The maximum absolute atomic E-state index is 14.1. The van der Waals surface area contributed by atoms with Crippen molar-refractivity contribution in [2.45, 2.75) is 57.6 Å². The van der Waals surface area contributed by atoms with E-state index < -0.39 is 78.5 Å². The summed E-state index contributed by atoms with van der Waals surface area (Å²) in [5, 5.41) is 20.9. The SMILES string of the molecule is C=CC(C)Nc1nc2c(c(=O)n1-c1ccc(C(=O)N(C)C(=O)OCOC(=O)C[C@@H](O)C(=O)O)cc1)CC(C)N(C(=O)c1ccc(Br)c(C(F)(F)F)c1)C2. The van der Waals surface area contributed by atoms with Crippen LogP contribution in [0.15, 0.2) is 64.4 Å². The van der Waals surface area contributed by atoms with Crippen molar-refractivity contribution >= 4 is 51.7 Å². The molecule has 0 saturated carbocycles. The molecule has 3 aromatic rings.